The lowest BCUT2D eigenvalue weighted by Gasteiger charge is -2.35. The molecular formula is C17H30N4O. The van der Waals surface area contributed by atoms with Crippen molar-refractivity contribution in [2.45, 2.75) is 59.0 Å². The Hall–Kier alpha value is -1.36. The molecule has 1 amide bonds. The van der Waals surface area contributed by atoms with E-state index in [0.29, 0.717) is 17.5 Å². The summed E-state index contributed by atoms with van der Waals surface area (Å²) in [5.41, 5.74) is 0.547. The quantitative estimate of drug-likeness (QED) is 0.930. The summed E-state index contributed by atoms with van der Waals surface area (Å²) >= 11 is 0. The van der Waals surface area contributed by atoms with Gasteiger partial charge < -0.3 is 10.2 Å². The third kappa shape index (κ3) is 4.32. The van der Waals surface area contributed by atoms with Gasteiger partial charge >= 0.3 is 0 Å². The fourth-order valence-electron chi connectivity index (χ4n) is 2.88. The zero-order valence-electron chi connectivity index (χ0n) is 14.6. The first-order valence-electron chi connectivity index (χ1n) is 8.35. The second-order valence-corrected chi connectivity index (χ2v) is 7.65. The van der Waals surface area contributed by atoms with Crippen LogP contribution >= 0.6 is 0 Å². The number of amides is 1. The normalized spacial score (nSPS) is 20.4. The third-order valence-electron chi connectivity index (χ3n) is 4.36. The lowest BCUT2D eigenvalue weighted by Crippen LogP contribution is -2.43. The Balaban J connectivity index is 1.86. The molecule has 1 aliphatic rings. The summed E-state index contributed by atoms with van der Waals surface area (Å²) in [4.78, 5) is 14.8. The number of nitrogens with zero attached hydrogens (tertiary/aromatic N) is 3. The number of piperidine rings is 1. The molecule has 0 radical (unpaired) electrons. The lowest BCUT2D eigenvalue weighted by atomic mass is 9.97. The molecule has 5 heteroatoms. The molecule has 1 fully saturated rings. The number of hydrogen-bond acceptors (Lipinski definition) is 3. The van der Waals surface area contributed by atoms with Crippen LogP contribution in [0.15, 0.2) is 12.4 Å². The van der Waals surface area contributed by atoms with Crippen LogP contribution in [-0.2, 0) is 5.54 Å². The summed E-state index contributed by atoms with van der Waals surface area (Å²) in [6.07, 6.45) is 5.91. The van der Waals surface area contributed by atoms with E-state index in [2.05, 4.69) is 49.9 Å². The van der Waals surface area contributed by atoms with Crippen LogP contribution in [0.1, 0.15) is 57.8 Å². The Morgan fingerprint density at radius 2 is 2.18 bits per heavy atom. The molecule has 1 unspecified atom stereocenters. The fraction of sp³-hybridized carbons (Fsp3) is 0.765. The first-order valence-corrected chi connectivity index (χ1v) is 8.35. The van der Waals surface area contributed by atoms with Gasteiger partial charge in [-0.3, -0.25) is 9.48 Å². The molecule has 1 atom stereocenters. The zero-order valence-corrected chi connectivity index (χ0v) is 14.6. The maximum Gasteiger partial charge on any atom is 0.254 e. The molecule has 2 rings (SSSR count). The van der Waals surface area contributed by atoms with Crippen LogP contribution in [0.2, 0.25) is 0 Å². The monoisotopic (exact) mass is 306 g/mol. The van der Waals surface area contributed by atoms with Crippen molar-refractivity contribution in [1.29, 1.82) is 0 Å². The van der Waals surface area contributed by atoms with Crippen molar-refractivity contribution in [3.05, 3.63) is 18.0 Å². The largest absolute Gasteiger partial charge is 0.352 e. The van der Waals surface area contributed by atoms with Crippen molar-refractivity contribution in [3.8, 4) is 0 Å². The summed E-state index contributed by atoms with van der Waals surface area (Å²) in [5.74, 6) is 0.537. The molecule has 0 aromatic carbocycles. The highest BCUT2D eigenvalue weighted by Gasteiger charge is 2.22. The minimum atomic E-state index is -0.0976. The standard InChI is InChI=1S/C17H30N4O/c1-13(2)20-8-6-7-14(11-20)9-18-16(22)15-10-19-21(12-15)17(3,4)5/h10,12-14H,6-9,11H2,1-5H3,(H,18,22). The minimum Gasteiger partial charge on any atom is -0.352 e. The first kappa shape index (κ1) is 17.0. The number of likely N-dealkylation sites (tertiary alicyclic amines) is 1. The van der Waals surface area contributed by atoms with Crippen LogP contribution in [0.4, 0.5) is 0 Å². The molecule has 1 N–H and O–H groups in total. The molecule has 1 aromatic heterocycles. The van der Waals surface area contributed by atoms with Crippen LogP contribution in [-0.4, -0.2) is 46.3 Å². The Morgan fingerprint density at radius 1 is 1.45 bits per heavy atom. The van der Waals surface area contributed by atoms with Crippen molar-refractivity contribution in [2.75, 3.05) is 19.6 Å². The van der Waals surface area contributed by atoms with Crippen LogP contribution < -0.4 is 5.32 Å². The lowest BCUT2D eigenvalue weighted by molar-refractivity contribution is 0.0922. The van der Waals surface area contributed by atoms with Crippen LogP contribution in [0.3, 0.4) is 0 Å². The van der Waals surface area contributed by atoms with Gasteiger partial charge in [-0.15, -0.1) is 0 Å². The molecular weight excluding hydrogens is 276 g/mol. The van der Waals surface area contributed by atoms with Crippen molar-refractivity contribution in [2.24, 2.45) is 5.92 Å². The average Bonchev–Trinajstić information content (AvgIpc) is 2.95. The predicted molar refractivity (Wildman–Crippen MR) is 89.0 cm³/mol. The topological polar surface area (TPSA) is 50.2 Å². The number of carbonyl (C=O) groups is 1. The second-order valence-electron chi connectivity index (χ2n) is 7.65. The summed E-state index contributed by atoms with van der Waals surface area (Å²) in [7, 11) is 0. The number of nitrogens with one attached hydrogen (secondary N) is 1. The molecule has 0 saturated carbocycles. The number of aromatic nitrogens is 2. The smallest absolute Gasteiger partial charge is 0.254 e. The molecule has 0 spiro atoms. The van der Waals surface area contributed by atoms with E-state index in [1.807, 2.05) is 10.9 Å². The fourth-order valence-corrected chi connectivity index (χ4v) is 2.88. The second kappa shape index (κ2) is 6.82. The van der Waals surface area contributed by atoms with Gasteiger partial charge in [0.05, 0.1) is 17.3 Å². The van der Waals surface area contributed by atoms with E-state index in [1.54, 1.807) is 6.20 Å². The van der Waals surface area contributed by atoms with Gasteiger partial charge in [0.15, 0.2) is 0 Å². The van der Waals surface area contributed by atoms with Crippen LogP contribution in [0, 0.1) is 5.92 Å². The van der Waals surface area contributed by atoms with Crippen molar-refractivity contribution < 1.29 is 4.79 Å². The molecule has 1 aliphatic heterocycles. The Bertz CT molecular complexity index is 501. The van der Waals surface area contributed by atoms with E-state index in [9.17, 15) is 4.79 Å². The highest BCUT2D eigenvalue weighted by atomic mass is 16.1. The molecule has 1 aromatic rings. The van der Waals surface area contributed by atoms with Gasteiger partial charge in [0.2, 0.25) is 0 Å². The van der Waals surface area contributed by atoms with Crippen molar-refractivity contribution in [1.82, 2.24) is 20.0 Å². The van der Waals surface area contributed by atoms with E-state index < -0.39 is 0 Å². The van der Waals surface area contributed by atoms with E-state index in [-0.39, 0.29) is 11.4 Å². The molecule has 1 saturated heterocycles. The summed E-state index contributed by atoms with van der Waals surface area (Å²) in [6.45, 7) is 13.7. The Labute approximate surface area is 134 Å². The molecule has 2 heterocycles. The molecule has 0 aliphatic carbocycles. The van der Waals surface area contributed by atoms with Gasteiger partial charge in [0, 0.05) is 25.3 Å². The highest BCUT2D eigenvalue weighted by molar-refractivity contribution is 5.93. The first-order chi connectivity index (χ1) is 10.3. The predicted octanol–water partition coefficient (Wildman–Crippen LogP) is 2.49. The summed E-state index contributed by atoms with van der Waals surface area (Å²) < 4.78 is 1.84. The van der Waals surface area contributed by atoms with Gasteiger partial charge in [-0.25, -0.2) is 0 Å². The molecule has 124 valence electrons. The molecule has 22 heavy (non-hydrogen) atoms. The van der Waals surface area contributed by atoms with E-state index >= 15 is 0 Å². The maximum absolute atomic E-state index is 12.3. The number of carbonyl (C=O) groups excluding carboxylic acids is 1. The van der Waals surface area contributed by atoms with Crippen molar-refractivity contribution >= 4 is 5.91 Å². The van der Waals surface area contributed by atoms with Gasteiger partial charge in [-0.2, -0.15) is 5.10 Å². The zero-order chi connectivity index (χ0) is 16.3. The SMILES string of the molecule is CC(C)N1CCCC(CNC(=O)c2cnn(C(C)(C)C)c2)C1. The third-order valence-corrected chi connectivity index (χ3v) is 4.36. The van der Waals surface area contributed by atoms with E-state index in [4.69, 9.17) is 0 Å². The number of rotatable bonds is 4. The summed E-state index contributed by atoms with van der Waals surface area (Å²) in [6, 6.07) is 0.587. The summed E-state index contributed by atoms with van der Waals surface area (Å²) in [5, 5.41) is 7.36. The van der Waals surface area contributed by atoms with Crippen LogP contribution in [0.5, 0.6) is 0 Å². The minimum absolute atomic E-state index is 0.0165. The van der Waals surface area contributed by atoms with Gasteiger partial charge in [-0.05, 0) is 59.9 Å². The van der Waals surface area contributed by atoms with Gasteiger partial charge in [-0.1, -0.05) is 0 Å². The van der Waals surface area contributed by atoms with E-state index in [1.165, 1.54) is 19.4 Å². The maximum atomic E-state index is 12.3. The Morgan fingerprint density at radius 3 is 2.77 bits per heavy atom. The van der Waals surface area contributed by atoms with Gasteiger partial charge in [0.25, 0.3) is 5.91 Å². The average molecular weight is 306 g/mol. The van der Waals surface area contributed by atoms with E-state index in [0.717, 1.165) is 13.1 Å². The van der Waals surface area contributed by atoms with Gasteiger partial charge in [0.1, 0.15) is 0 Å². The molecule has 0 bridgehead atoms. The Kier molecular flexibility index (Phi) is 5.27. The van der Waals surface area contributed by atoms with Crippen molar-refractivity contribution in [3.63, 3.8) is 0 Å². The van der Waals surface area contributed by atoms with Crippen LogP contribution in [0.25, 0.3) is 0 Å². The highest BCUT2D eigenvalue weighted by Crippen LogP contribution is 2.18. The molecule has 5 nitrogen and oxygen atoms in total. The number of hydrogen-bond donors (Lipinski definition) is 1.